The zero-order valence-electron chi connectivity index (χ0n) is 15.8. The molecule has 4 aromatic rings. The van der Waals surface area contributed by atoms with Crippen LogP contribution in [-0.4, -0.2) is 41.6 Å². The summed E-state index contributed by atoms with van der Waals surface area (Å²) < 4.78 is 7.66. The maximum atomic E-state index is 9.75. The van der Waals surface area contributed by atoms with Crippen LogP contribution in [0.1, 0.15) is 11.8 Å². The summed E-state index contributed by atoms with van der Waals surface area (Å²) in [7, 11) is 1.79. The number of hydrogen-bond donors (Lipinski definition) is 3. The average Bonchev–Trinajstić information content (AvgIpc) is 3.39. The van der Waals surface area contributed by atoms with E-state index in [0.29, 0.717) is 28.3 Å². The van der Waals surface area contributed by atoms with Crippen molar-refractivity contribution >= 4 is 34.0 Å². The molecule has 0 aliphatic heterocycles. The first-order valence-electron chi connectivity index (χ1n) is 8.87. The molecule has 1 unspecified atom stereocenters. The lowest BCUT2D eigenvalue weighted by Crippen LogP contribution is -2.03. The highest BCUT2D eigenvalue weighted by Gasteiger charge is 2.15. The number of aryl methyl sites for hydroxylation is 1. The summed E-state index contributed by atoms with van der Waals surface area (Å²) in [6.45, 7) is -0.392. The van der Waals surface area contributed by atoms with Crippen LogP contribution in [0.5, 0.6) is 11.6 Å². The summed E-state index contributed by atoms with van der Waals surface area (Å²) >= 11 is 2.81. The van der Waals surface area contributed by atoms with Crippen LogP contribution in [0.3, 0.4) is 0 Å². The minimum absolute atomic E-state index is 0.392. The molecule has 0 aliphatic carbocycles. The van der Waals surface area contributed by atoms with E-state index in [2.05, 4.69) is 25.4 Å². The Bertz CT molecular complexity index is 1120. The summed E-state index contributed by atoms with van der Waals surface area (Å²) in [6.07, 6.45) is 5.86. The highest BCUT2D eigenvalue weighted by atomic mass is 32.2. The number of thiazole rings is 1. The number of anilines is 2. The third-order valence-electron chi connectivity index (χ3n) is 3.95. The van der Waals surface area contributed by atoms with E-state index < -0.39 is 12.7 Å². The summed E-state index contributed by atoms with van der Waals surface area (Å²) in [5.74, 6) is 1.51. The third-order valence-corrected chi connectivity index (χ3v) is 5.66. The van der Waals surface area contributed by atoms with Crippen molar-refractivity contribution < 1.29 is 14.9 Å². The molecule has 4 heterocycles. The molecular formula is C19H18N6O3S2. The summed E-state index contributed by atoms with van der Waals surface area (Å²) in [5.41, 5.74) is 0.392. The van der Waals surface area contributed by atoms with Gasteiger partial charge >= 0.3 is 0 Å². The van der Waals surface area contributed by atoms with Crippen LogP contribution in [0.15, 0.2) is 64.2 Å². The largest absolute Gasteiger partial charge is 0.435 e. The minimum atomic E-state index is -1.02. The van der Waals surface area contributed by atoms with Crippen molar-refractivity contribution in [1.82, 2.24) is 24.7 Å². The van der Waals surface area contributed by atoms with Gasteiger partial charge in [0, 0.05) is 52.9 Å². The number of ether oxygens (including phenoxy) is 1. The van der Waals surface area contributed by atoms with Crippen LogP contribution < -0.4 is 10.1 Å². The first-order chi connectivity index (χ1) is 14.6. The fourth-order valence-corrected chi connectivity index (χ4v) is 4.02. The normalized spacial score (nSPS) is 12.0. The Hall–Kier alpha value is -2.99. The molecule has 154 valence electrons. The SMILES string of the molecule is Cn1nccc1Oc1cc(Sc2cccnc2)cnc1Nc1nc(C(O)CO)cs1. The van der Waals surface area contributed by atoms with Gasteiger partial charge in [0.2, 0.25) is 5.88 Å². The molecule has 0 aromatic carbocycles. The van der Waals surface area contributed by atoms with E-state index in [1.807, 2.05) is 18.2 Å². The number of hydrogen-bond acceptors (Lipinski definition) is 10. The zero-order valence-corrected chi connectivity index (χ0v) is 17.5. The van der Waals surface area contributed by atoms with E-state index in [1.165, 1.54) is 23.1 Å². The molecule has 0 spiro atoms. The fraction of sp³-hybridized carbons (Fsp3) is 0.158. The van der Waals surface area contributed by atoms with Crippen molar-refractivity contribution in [2.24, 2.45) is 7.05 Å². The molecule has 0 aliphatic rings. The molecule has 0 amide bonds. The molecule has 0 bridgehead atoms. The number of nitrogens with one attached hydrogen (secondary N) is 1. The topological polar surface area (TPSA) is 118 Å². The second-order valence-electron chi connectivity index (χ2n) is 6.10. The van der Waals surface area contributed by atoms with E-state index in [9.17, 15) is 5.11 Å². The first kappa shape index (κ1) is 20.3. The molecule has 0 fully saturated rings. The van der Waals surface area contributed by atoms with E-state index in [1.54, 1.807) is 48.0 Å². The molecule has 0 saturated carbocycles. The molecule has 0 radical (unpaired) electrons. The molecule has 9 nitrogen and oxygen atoms in total. The van der Waals surface area contributed by atoms with Gasteiger partial charge < -0.3 is 20.3 Å². The highest BCUT2D eigenvalue weighted by Crippen LogP contribution is 2.36. The monoisotopic (exact) mass is 442 g/mol. The lowest BCUT2D eigenvalue weighted by Gasteiger charge is -2.12. The van der Waals surface area contributed by atoms with E-state index >= 15 is 0 Å². The maximum absolute atomic E-state index is 9.75. The number of aliphatic hydroxyl groups excluding tert-OH is 2. The van der Waals surface area contributed by atoms with Gasteiger partial charge in [0.1, 0.15) is 6.10 Å². The smallest absolute Gasteiger partial charge is 0.217 e. The number of nitrogens with zero attached hydrogens (tertiary/aromatic N) is 5. The minimum Gasteiger partial charge on any atom is -0.435 e. The van der Waals surface area contributed by atoms with E-state index in [4.69, 9.17) is 9.84 Å². The van der Waals surface area contributed by atoms with Crippen LogP contribution in [0.25, 0.3) is 0 Å². The van der Waals surface area contributed by atoms with E-state index in [0.717, 1.165) is 9.79 Å². The van der Waals surface area contributed by atoms with Gasteiger partial charge in [-0.3, -0.25) is 4.98 Å². The van der Waals surface area contributed by atoms with Gasteiger partial charge in [-0.05, 0) is 12.1 Å². The van der Waals surface area contributed by atoms with Crippen molar-refractivity contribution in [3.63, 3.8) is 0 Å². The molecule has 30 heavy (non-hydrogen) atoms. The van der Waals surface area contributed by atoms with Crippen LogP contribution in [0.4, 0.5) is 10.9 Å². The predicted octanol–water partition coefficient (Wildman–Crippen LogP) is 3.38. The number of aliphatic hydroxyl groups is 2. The quantitative estimate of drug-likeness (QED) is 0.377. The Morgan fingerprint density at radius 2 is 2.17 bits per heavy atom. The summed E-state index contributed by atoms with van der Waals surface area (Å²) in [5, 5.41) is 28.3. The van der Waals surface area contributed by atoms with E-state index in [-0.39, 0.29) is 0 Å². The zero-order chi connectivity index (χ0) is 20.9. The summed E-state index contributed by atoms with van der Waals surface area (Å²) in [4.78, 5) is 14.8. The number of rotatable bonds is 8. The maximum Gasteiger partial charge on any atom is 0.217 e. The van der Waals surface area contributed by atoms with Gasteiger partial charge in [-0.1, -0.05) is 11.8 Å². The average molecular weight is 443 g/mol. The van der Waals surface area contributed by atoms with Crippen molar-refractivity contribution in [2.45, 2.75) is 15.9 Å². The lowest BCUT2D eigenvalue weighted by atomic mass is 10.3. The molecule has 4 rings (SSSR count). The summed E-state index contributed by atoms with van der Waals surface area (Å²) in [6, 6.07) is 7.47. The molecule has 11 heteroatoms. The van der Waals surface area contributed by atoms with Crippen LogP contribution in [0, 0.1) is 0 Å². The Labute approximate surface area is 180 Å². The standard InChI is InChI=1S/C19H18N6O3S2/c1-25-17(4-6-22-25)28-16-7-13(30-12-3-2-5-20-8-12)9-21-18(16)24-19-23-14(11-29-19)15(27)10-26/h2-9,11,15,26-27H,10H2,1H3,(H,21,23,24). The molecular weight excluding hydrogens is 424 g/mol. The third kappa shape index (κ3) is 4.76. The van der Waals surface area contributed by atoms with Crippen molar-refractivity contribution in [3.8, 4) is 11.6 Å². The van der Waals surface area contributed by atoms with Crippen molar-refractivity contribution in [2.75, 3.05) is 11.9 Å². The molecule has 1 atom stereocenters. The Morgan fingerprint density at radius 1 is 1.27 bits per heavy atom. The van der Waals surface area contributed by atoms with Gasteiger partial charge in [-0.15, -0.1) is 11.3 Å². The first-order valence-corrected chi connectivity index (χ1v) is 10.6. The highest BCUT2D eigenvalue weighted by molar-refractivity contribution is 7.99. The van der Waals surface area contributed by atoms with Gasteiger partial charge in [0.25, 0.3) is 0 Å². The lowest BCUT2D eigenvalue weighted by molar-refractivity contribution is 0.0928. The van der Waals surface area contributed by atoms with Crippen LogP contribution in [-0.2, 0) is 7.05 Å². The Morgan fingerprint density at radius 3 is 2.90 bits per heavy atom. The van der Waals surface area contributed by atoms with Crippen LogP contribution in [0.2, 0.25) is 0 Å². The van der Waals surface area contributed by atoms with Gasteiger partial charge in [-0.25, -0.2) is 14.6 Å². The fourth-order valence-electron chi connectivity index (χ4n) is 2.46. The molecule has 3 N–H and O–H groups in total. The second-order valence-corrected chi connectivity index (χ2v) is 8.11. The Balaban J connectivity index is 1.62. The second kappa shape index (κ2) is 9.22. The van der Waals surface area contributed by atoms with Crippen LogP contribution >= 0.6 is 23.1 Å². The van der Waals surface area contributed by atoms with Gasteiger partial charge in [0.05, 0.1) is 18.5 Å². The van der Waals surface area contributed by atoms with Gasteiger partial charge in [-0.2, -0.15) is 5.10 Å². The predicted molar refractivity (Wildman–Crippen MR) is 113 cm³/mol. The molecule has 4 aromatic heterocycles. The number of aromatic nitrogens is 5. The van der Waals surface area contributed by atoms with Crippen molar-refractivity contribution in [1.29, 1.82) is 0 Å². The Kier molecular flexibility index (Phi) is 6.23. The number of pyridine rings is 2. The van der Waals surface area contributed by atoms with Gasteiger partial charge in [0.15, 0.2) is 16.7 Å². The molecule has 0 saturated heterocycles. The van der Waals surface area contributed by atoms with Crippen molar-refractivity contribution in [3.05, 3.63) is 60.1 Å².